The van der Waals surface area contributed by atoms with Crippen LogP contribution in [0.5, 0.6) is 5.88 Å². The highest BCUT2D eigenvalue weighted by atomic mass is 16.5. The largest absolute Gasteiger partial charge is 0.475 e. The highest BCUT2D eigenvalue weighted by molar-refractivity contribution is 5.86. The summed E-state index contributed by atoms with van der Waals surface area (Å²) >= 11 is 0. The van der Waals surface area contributed by atoms with Crippen molar-refractivity contribution in [2.75, 3.05) is 18.1 Å². The average molecular weight is 346 g/mol. The summed E-state index contributed by atoms with van der Waals surface area (Å²) in [4.78, 5) is 22.8. The first kappa shape index (κ1) is 15.1. The second-order valence-corrected chi connectivity index (χ2v) is 6.43. The molecule has 0 aliphatic carbocycles. The Morgan fingerprint density at radius 3 is 3.08 bits per heavy atom. The van der Waals surface area contributed by atoms with Crippen LogP contribution in [0.4, 0.5) is 5.82 Å². The minimum absolute atomic E-state index is 0.241. The summed E-state index contributed by atoms with van der Waals surface area (Å²) in [6.07, 6.45) is 7.19. The SMILES string of the molecule is c1ccc2c(OC[C@H]3CCCN3c3ncnc4[nH]cnc34)nccc2c1. The highest BCUT2D eigenvalue weighted by Gasteiger charge is 2.28. The van der Waals surface area contributed by atoms with E-state index in [0.29, 0.717) is 12.5 Å². The van der Waals surface area contributed by atoms with Crippen LogP contribution in [0.3, 0.4) is 0 Å². The Kier molecular flexibility index (Phi) is 3.62. The van der Waals surface area contributed by atoms with E-state index in [4.69, 9.17) is 4.74 Å². The topological polar surface area (TPSA) is 79.8 Å². The third-order valence-corrected chi connectivity index (χ3v) is 4.90. The van der Waals surface area contributed by atoms with Crippen LogP contribution >= 0.6 is 0 Å². The highest BCUT2D eigenvalue weighted by Crippen LogP contribution is 2.29. The average Bonchev–Trinajstić information content (AvgIpc) is 3.35. The third-order valence-electron chi connectivity index (χ3n) is 4.90. The Bertz CT molecular complexity index is 1060. The second-order valence-electron chi connectivity index (χ2n) is 6.43. The number of hydrogen-bond acceptors (Lipinski definition) is 6. The third kappa shape index (κ3) is 2.52. The molecule has 1 aromatic carbocycles. The van der Waals surface area contributed by atoms with Crippen LogP contribution in [-0.2, 0) is 0 Å². The molecule has 4 heterocycles. The molecule has 1 fully saturated rings. The summed E-state index contributed by atoms with van der Waals surface area (Å²) in [5, 5.41) is 2.17. The van der Waals surface area contributed by atoms with E-state index in [-0.39, 0.29) is 6.04 Å². The number of aromatic amines is 1. The lowest BCUT2D eigenvalue weighted by molar-refractivity contribution is 0.281. The first-order chi connectivity index (χ1) is 12.9. The standard InChI is InChI=1S/C19H18N6O/c1-2-6-15-13(4-1)7-8-20-19(15)26-10-14-5-3-9-25(14)18-16-17(22-11-21-16)23-12-24-18/h1-2,4,6-8,11-12,14H,3,5,9-10H2,(H,21,22,23,24)/t14-/m1/s1. The summed E-state index contributed by atoms with van der Waals surface area (Å²) < 4.78 is 6.12. The number of imidazole rings is 1. The Balaban J connectivity index is 1.40. The maximum Gasteiger partial charge on any atom is 0.221 e. The predicted molar refractivity (Wildman–Crippen MR) is 99.3 cm³/mol. The van der Waals surface area contributed by atoms with Gasteiger partial charge in [-0.25, -0.2) is 19.9 Å². The van der Waals surface area contributed by atoms with Crippen molar-refractivity contribution in [2.45, 2.75) is 18.9 Å². The van der Waals surface area contributed by atoms with Crippen molar-refractivity contribution in [3.63, 3.8) is 0 Å². The van der Waals surface area contributed by atoms with Gasteiger partial charge in [0.25, 0.3) is 0 Å². The molecule has 1 N–H and O–H groups in total. The minimum Gasteiger partial charge on any atom is -0.475 e. The quantitative estimate of drug-likeness (QED) is 0.612. The molecule has 0 unspecified atom stereocenters. The minimum atomic E-state index is 0.241. The molecule has 4 aromatic rings. The number of benzene rings is 1. The molecule has 0 saturated carbocycles. The van der Waals surface area contributed by atoms with Crippen LogP contribution in [0.15, 0.2) is 49.2 Å². The van der Waals surface area contributed by atoms with Crippen LogP contribution < -0.4 is 9.64 Å². The molecule has 1 atom stereocenters. The van der Waals surface area contributed by atoms with Crippen LogP contribution in [0.2, 0.25) is 0 Å². The molecule has 0 radical (unpaired) electrons. The fourth-order valence-corrected chi connectivity index (χ4v) is 3.63. The van der Waals surface area contributed by atoms with Crippen molar-refractivity contribution in [1.29, 1.82) is 0 Å². The zero-order valence-electron chi connectivity index (χ0n) is 14.2. The molecular weight excluding hydrogens is 328 g/mol. The normalized spacial score (nSPS) is 17.2. The fraction of sp³-hybridized carbons (Fsp3) is 0.263. The van der Waals surface area contributed by atoms with Gasteiger partial charge >= 0.3 is 0 Å². The van der Waals surface area contributed by atoms with E-state index < -0.39 is 0 Å². The van der Waals surface area contributed by atoms with Gasteiger partial charge in [-0.1, -0.05) is 18.2 Å². The lowest BCUT2D eigenvalue weighted by atomic mass is 10.2. The summed E-state index contributed by atoms with van der Waals surface area (Å²) in [5.41, 5.74) is 1.57. The molecule has 26 heavy (non-hydrogen) atoms. The number of nitrogens with zero attached hydrogens (tertiary/aromatic N) is 5. The van der Waals surface area contributed by atoms with E-state index in [1.165, 1.54) is 0 Å². The number of rotatable bonds is 4. The van der Waals surface area contributed by atoms with E-state index in [0.717, 1.165) is 47.1 Å². The smallest absolute Gasteiger partial charge is 0.221 e. The zero-order chi connectivity index (χ0) is 17.3. The number of hydrogen-bond donors (Lipinski definition) is 1. The maximum absolute atomic E-state index is 6.12. The molecule has 7 nitrogen and oxygen atoms in total. The number of aromatic nitrogens is 5. The van der Waals surface area contributed by atoms with Crippen LogP contribution in [0.1, 0.15) is 12.8 Å². The van der Waals surface area contributed by atoms with Gasteiger partial charge in [0.2, 0.25) is 5.88 Å². The zero-order valence-corrected chi connectivity index (χ0v) is 14.2. The Labute approximate surface area is 150 Å². The van der Waals surface area contributed by atoms with E-state index in [1.807, 2.05) is 24.3 Å². The predicted octanol–water partition coefficient (Wildman–Crippen LogP) is 2.95. The monoisotopic (exact) mass is 346 g/mol. The molecular formula is C19H18N6O. The Morgan fingerprint density at radius 1 is 1.12 bits per heavy atom. The maximum atomic E-state index is 6.12. The molecule has 1 saturated heterocycles. The van der Waals surface area contributed by atoms with Gasteiger partial charge in [-0.05, 0) is 30.4 Å². The van der Waals surface area contributed by atoms with Gasteiger partial charge in [0.05, 0.1) is 12.4 Å². The fourth-order valence-electron chi connectivity index (χ4n) is 3.63. The van der Waals surface area contributed by atoms with Crippen molar-refractivity contribution in [1.82, 2.24) is 24.9 Å². The summed E-state index contributed by atoms with van der Waals surface area (Å²) in [6.45, 7) is 1.51. The molecule has 1 aliphatic heterocycles. The molecule has 0 bridgehead atoms. The van der Waals surface area contributed by atoms with Gasteiger partial charge in [0, 0.05) is 18.1 Å². The summed E-state index contributed by atoms with van der Waals surface area (Å²) in [5.74, 6) is 1.55. The Hall–Kier alpha value is -3.22. The molecule has 0 spiro atoms. The van der Waals surface area contributed by atoms with Gasteiger partial charge in [-0.15, -0.1) is 0 Å². The number of ether oxygens (including phenoxy) is 1. The van der Waals surface area contributed by atoms with Gasteiger partial charge < -0.3 is 14.6 Å². The van der Waals surface area contributed by atoms with Crippen LogP contribution in [0.25, 0.3) is 21.9 Å². The molecule has 130 valence electrons. The van der Waals surface area contributed by atoms with Crippen molar-refractivity contribution >= 4 is 27.8 Å². The van der Waals surface area contributed by atoms with E-state index in [9.17, 15) is 0 Å². The number of pyridine rings is 1. The number of nitrogens with one attached hydrogen (secondary N) is 1. The lowest BCUT2D eigenvalue weighted by Crippen LogP contribution is -2.35. The van der Waals surface area contributed by atoms with Crippen molar-refractivity contribution < 1.29 is 4.74 Å². The van der Waals surface area contributed by atoms with Gasteiger partial charge in [0.1, 0.15) is 18.5 Å². The molecule has 7 heteroatoms. The van der Waals surface area contributed by atoms with Gasteiger partial charge in [-0.2, -0.15) is 0 Å². The van der Waals surface area contributed by atoms with E-state index >= 15 is 0 Å². The van der Waals surface area contributed by atoms with Crippen molar-refractivity contribution in [3.8, 4) is 5.88 Å². The lowest BCUT2D eigenvalue weighted by Gasteiger charge is -2.25. The molecule has 5 rings (SSSR count). The molecule has 1 aliphatic rings. The number of H-pyrrole nitrogens is 1. The van der Waals surface area contributed by atoms with Crippen LogP contribution in [0, 0.1) is 0 Å². The first-order valence-electron chi connectivity index (χ1n) is 8.77. The van der Waals surface area contributed by atoms with Gasteiger partial charge in [0.15, 0.2) is 11.5 Å². The summed E-state index contributed by atoms with van der Waals surface area (Å²) in [7, 11) is 0. The van der Waals surface area contributed by atoms with E-state index in [2.05, 4.69) is 35.9 Å². The summed E-state index contributed by atoms with van der Waals surface area (Å²) in [6, 6.07) is 10.4. The van der Waals surface area contributed by atoms with E-state index in [1.54, 1.807) is 18.9 Å². The first-order valence-corrected chi connectivity index (χ1v) is 8.77. The van der Waals surface area contributed by atoms with Crippen molar-refractivity contribution in [2.24, 2.45) is 0 Å². The molecule has 3 aromatic heterocycles. The van der Waals surface area contributed by atoms with Crippen molar-refractivity contribution in [3.05, 3.63) is 49.2 Å². The Morgan fingerprint density at radius 2 is 2.08 bits per heavy atom. The van der Waals surface area contributed by atoms with Gasteiger partial charge in [-0.3, -0.25) is 0 Å². The molecule has 0 amide bonds. The number of fused-ring (bicyclic) bond motifs is 2. The second kappa shape index (κ2) is 6.25. The number of anilines is 1. The van der Waals surface area contributed by atoms with Crippen LogP contribution in [-0.4, -0.2) is 44.1 Å².